The van der Waals surface area contributed by atoms with Gasteiger partial charge in [-0.25, -0.2) is 9.97 Å². The number of hydrogen-bond acceptors (Lipinski definition) is 10. The summed E-state index contributed by atoms with van der Waals surface area (Å²) >= 11 is 0. The molecule has 0 unspecified atom stereocenters. The van der Waals surface area contributed by atoms with E-state index in [1.165, 1.54) is 0 Å². The molecule has 3 aromatic heterocycles. The van der Waals surface area contributed by atoms with Crippen LogP contribution in [0.5, 0.6) is 0 Å². The number of carbonyl (C=O) groups excluding carboxylic acids is 4. The minimum Gasteiger partial charge on any atom is -0.370 e. The number of pyridine rings is 1. The molecule has 1 saturated carbocycles. The van der Waals surface area contributed by atoms with E-state index in [9.17, 15) is 19.2 Å². The summed E-state index contributed by atoms with van der Waals surface area (Å²) < 4.78 is 2.12. The number of benzene rings is 1. The van der Waals surface area contributed by atoms with Gasteiger partial charge in [-0.2, -0.15) is 4.98 Å². The van der Waals surface area contributed by atoms with Gasteiger partial charge in [0.2, 0.25) is 17.8 Å². The van der Waals surface area contributed by atoms with Gasteiger partial charge in [0, 0.05) is 87.5 Å². The summed E-state index contributed by atoms with van der Waals surface area (Å²) in [6.07, 6.45) is 10.9. The average molecular weight is 717 g/mol. The highest BCUT2D eigenvalue weighted by atomic mass is 16.2. The highest BCUT2D eigenvalue weighted by molar-refractivity contribution is 6.05. The van der Waals surface area contributed by atoms with Crippen LogP contribution >= 0.6 is 0 Å². The van der Waals surface area contributed by atoms with E-state index in [1.807, 2.05) is 30.5 Å². The molecule has 14 heteroatoms. The van der Waals surface area contributed by atoms with Crippen LogP contribution in [0, 0.1) is 5.41 Å². The van der Waals surface area contributed by atoms with E-state index in [-0.39, 0.29) is 41.5 Å². The maximum atomic E-state index is 13.1. The zero-order valence-corrected chi connectivity index (χ0v) is 30.2. The van der Waals surface area contributed by atoms with Gasteiger partial charge >= 0.3 is 0 Å². The van der Waals surface area contributed by atoms with Crippen LogP contribution < -0.4 is 20.4 Å². The molecule has 4 fully saturated rings. The monoisotopic (exact) mass is 716 g/mol. The molecule has 14 nitrogen and oxygen atoms in total. The van der Waals surface area contributed by atoms with Gasteiger partial charge in [0.05, 0.1) is 11.9 Å². The molecule has 0 bridgehead atoms. The Kier molecular flexibility index (Phi) is 8.08. The van der Waals surface area contributed by atoms with E-state index >= 15 is 0 Å². The number of rotatable bonds is 7. The zero-order chi connectivity index (χ0) is 36.4. The van der Waals surface area contributed by atoms with E-state index in [0.717, 1.165) is 92.7 Å². The summed E-state index contributed by atoms with van der Waals surface area (Å²) in [5.41, 5.74) is 5.48. The molecule has 1 aromatic carbocycles. The van der Waals surface area contributed by atoms with Crippen LogP contribution in [0.3, 0.4) is 0 Å². The fraction of sp³-hybridized carbons (Fsp3) is 0.462. The molecule has 7 heterocycles. The van der Waals surface area contributed by atoms with Gasteiger partial charge < -0.3 is 29.5 Å². The molecular formula is C39H44N10O4. The summed E-state index contributed by atoms with van der Waals surface area (Å²) in [5.74, 6) is 0.286. The minimum atomic E-state index is -0.601. The Labute approximate surface area is 307 Å². The van der Waals surface area contributed by atoms with E-state index in [2.05, 4.69) is 42.1 Å². The molecule has 1 aliphatic carbocycles. The van der Waals surface area contributed by atoms with Gasteiger partial charge in [-0.05, 0) is 74.1 Å². The Hall–Kier alpha value is -5.53. The second kappa shape index (κ2) is 12.8. The van der Waals surface area contributed by atoms with Crippen LogP contribution in [0.2, 0.25) is 0 Å². The van der Waals surface area contributed by atoms with E-state index < -0.39 is 6.04 Å². The van der Waals surface area contributed by atoms with Crippen LogP contribution in [-0.4, -0.2) is 99.3 Å². The normalized spacial score (nSPS) is 21.3. The molecule has 1 spiro atoms. The molecule has 9 rings (SSSR count). The van der Waals surface area contributed by atoms with Crippen molar-refractivity contribution >= 4 is 57.8 Å². The predicted molar refractivity (Wildman–Crippen MR) is 199 cm³/mol. The van der Waals surface area contributed by atoms with Crippen LogP contribution in [0.4, 0.5) is 23.1 Å². The summed E-state index contributed by atoms with van der Waals surface area (Å²) in [7, 11) is 3.56. The van der Waals surface area contributed by atoms with Gasteiger partial charge in [0.1, 0.15) is 23.2 Å². The fourth-order valence-corrected chi connectivity index (χ4v) is 9.01. The number of hydrogen-bond donors (Lipinski definition) is 2. The van der Waals surface area contributed by atoms with E-state index in [0.29, 0.717) is 36.0 Å². The van der Waals surface area contributed by atoms with Crippen molar-refractivity contribution in [1.82, 2.24) is 34.6 Å². The Morgan fingerprint density at radius 2 is 1.70 bits per heavy atom. The van der Waals surface area contributed by atoms with Crippen molar-refractivity contribution in [1.29, 1.82) is 0 Å². The highest BCUT2D eigenvalue weighted by Gasteiger charge is 2.46. The largest absolute Gasteiger partial charge is 0.370 e. The summed E-state index contributed by atoms with van der Waals surface area (Å²) in [6, 6.07) is 11.6. The van der Waals surface area contributed by atoms with Gasteiger partial charge in [0.25, 0.3) is 11.8 Å². The van der Waals surface area contributed by atoms with Crippen molar-refractivity contribution in [2.24, 2.45) is 5.41 Å². The van der Waals surface area contributed by atoms with Crippen molar-refractivity contribution in [2.75, 3.05) is 55.4 Å². The average Bonchev–Trinajstić information content (AvgIpc) is 3.88. The first-order valence-corrected chi connectivity index (χ1v) is 18.7. The Morgan fingerprint density at radius 3 is 2.42 bits per heavy atom. The third-order valence-corrected chi connectivity index (χ3v) is 12.0. The summed E-state index contributed by atoms with van der Waals surface area (Å²) in [5, 5.41) is 6.51. The Bertz CT molecular complexity index is 2120. The fourth-order valence-electron chi connectivity index (χ4n) is 9.01. The first-order valence-electron chi connectivity index (χ1n) is 18.7. The van der Waals surface area contributed by atoms with Crippen LogP contribution in [0.25, 0.3) is 11.0 Å². The number of anilines is 4. The van der Waals surface area contributed by atoms with E-state index in [1.54, 1.807) is 30.1 Å². The maximum absolute atomic E-state index is 13.1. The standard InChI is InChI=1S/C39H44N10O4/c1-45(2)37(53)31-18-24-19-41-38(44-34(24)49(31)26-5-3-4-6-26)42-32-11-8-28(20-40-32)46-15-13-39(14-16-46)22-47(23-39)27-7-9-29-25(17-27)21-48(36(29)52)30-10-12-33(50)43-35(30)51/h7-9,11,17-20,26,30H,3-6,10,12-16,21-23H2,1-2H3,(H,43,50,51)(H,40,41,42,44)/t30-/m0/s1. The molecule has 0 radical (unpaired) electrons. The van der Waals surface area contributed by atoms with Crippen molar-refractivity contribution in [3.8, 4) is 0 Å². The number of imide groups is 1. The lowest BCUT2D eigenvalue weighted by atomic mass is 9.71. The number of piperidine rings is 2. The van der Waals surface area contributed by atoms with Gasteiger partial charge in [-0.1, -0.05) is 12.8 Å². The van der Waals surface area contributed by atoms with E-state index in [4.69, 9.17) is 9.97 Å². The number of fused-ring (bicyclic) bond motifs is 2. The number of nitrogens with zero attached hydrogens (tertiary/aromatic N) is 8. The van der Waals surface area contributed by atoms with Gasteiger partial charge in [-0.3, -0.25) is 24.5 Å². The molecule has 1 atom stereocenters. The lowest BCUT2D eigenvalue weighted by molar-refractivity contribution is -0.136. The molecule has 3 saturated heterocycles. The lowest BCUT2D eigenvalue weighted by Gasteiger charge is -2.55. The predicted octanol–water partition coefficient (Wildman–Crippen LogP) is 4.25. The molecule has 53 heavy (non-hydrogen) atoms. The zero-order valence-electron chi connectivity index (χ0n) is 30.2. The summed E-state index contributed by atoms with van der Waals surface area (Å²) in [4.78, 5) is 72.4. The SMILES string of the molecule is CN(C)C(=O)c1cc2cnc(Nc3ccc(N4CCC5(CC4)CN(c4ccc6c(c4)CN([C@H]4CCC(=O)NC4=O)C6=O)C5)cn3)nc2n1C1CCCC1. The topological polar surface area (TPSA) is 149 Å². The molecule has 4 aromatic rings. The molecule has 2 N–H and O–H groups in total. The minimum absolute atomic E-state index is 0.0284. The molecular weight excluding hydrogens is 672 g/mol. The Balaban J connectivity index is 0.812. The number of nitrogens with one attached hydrogen (secondary N) is 2. The van der Waals surface area contributed by atoms with Crippen LogP contribution in [0.15, 0.2) is 48.8 Å². The smallest absolute Gasteiger partial charge is 0.270 e. The van der Waals surface area contributed by atoms with Crippen molar-refractivity contribution in [3.05, 3.63) is 65.6 Å². The van der Waals surface area contributed by atoms with Crippen molar-refractivity contribution in [3.63, 3.8) is 0 Å². The van der Waals surface area contributed by atoms with Gasteiger partial charge in [-0.15, -0.1) is 0 Å². The number of carbonyl (C=O) groups is 4. The van der Waals surface area contributed by atoms with Crippen LogP contribution in [-0.2, 0) is 16.1 Å². The second-order valence-corrected chi connectivity index (χ2v) is 15.6. The summed E-state index contributed by atoms with van der Waals surface area (Å²) in [6.45, 7) is 4.25. The van der Waals surface area contributed by atoms with Gasteiger partial charge in [0.15, 0.2) is 0 Å². The quantitative estimate of drug-likeness (QED) is 0.266. The third-order valence-electron chi connectivity index (χ3n) is 12.0. The number of amides is 4. The molecule has 4 amide bonds. The first-order chi connectivity index (χ1) is 25.6. The second-order valence-electron chi connectivity index (χ2n) is 15.6. The molecule has 274 valence electrons. The van der Waals surface area contributed by atoms with Crippen molar-refractivity contribution < 1.29 is 19.2 Å². The third kappa shape index (κ3) is 5.93. The first kappa shape index (κ1) is 33.3. The molecule has 4 aliphatic heterocycles. The Morgan fingerprint density at radius 1 is 0.925 bits per heavy atom. The maximum Gasteiger partial charge on any atom is 0.270 e. The lowest BCUT2D eigenvalue weighted by Crippen LogP contribution is -2.60. The van der Waals surface area contributed by atoms with Crippen LogP contribution in [0.1, 0.15) is 83.8 Å². The highest BCUT2D eigenvalue weighted by Crippen LogP contribution is 2.44. The van der Waals surface area contributed by atoms with Crippen molar-refractivity contribution in [2.45, 2.75) is 70.0 Å². The number of aromatic nitrogens is 4. The molecule has 5 aliphatic rings.